The van der Waals surface area contributed by atoms with Crippen molar-refractivity contribution in [2.24, 2.45) is 0 Å². The first kappa shape index (κ1) is 37.7. The number of fused-ring (bicyclic) bond motifs is 17. The zero-order chi connectivity index (χ0) is 44.5. The molecule has 2 aromatic heterocycles. The lowest BCUT2D eigenvalue weighted by molar-refractivity contribution is 0.670. The van der Waals surface area contributed by atoms with Crippen molar-refractivity contribution in [3.05, 3.63) is 259 Å². The number of thiophene rings is 1. The maximum Gasteiger partial charge on any atom is 0.159 e. The van der Waals surface area contributed by atoms with E-state index in [0.29, 0.717) is 0 Å². The summed E-state index contributed by atoms with van der Waals surface area (Å²) in [4.78, 5) is 2.46. The Balaban J connectivity index is 1.04. The molecule has 0 atom stereocenters. The van der Waals surface area contributed by atoms with E-state index < -0.39 is 5.41 Å². The third-order valence-corrected chi connectivity index (χ3v) is 16.1. The van der Waals surface area contributed by atoms with Gasteiger partial charge in [0.25, 0.3) is 0 Å². The molecule has 0 saturated heterocycles. The van der Waals surface area contributed by atoms with E-state index in [9.17, 15) is 0 Å². The van der Waals surface area contributed by atoms with Gasteiger partial charge in [-0.15, -0.1) is 11.3 Å². The van der Waals surface area contributed by atoms with Crippen LogP contribution in [0.25, 0.3) is 97.4 Å². The van der Waals surface area contributed by atoms with E-state index in [0.717, 1.165) is 55.7 Å². The lowest BCUT2D eigenvalue weighted by atomic mass is 9.70. The van der Waals surface area contributed by atoms with Crippen LogP contribution in [-0.4, -0.2) is 0 Å². The first-order chi connectivity index (χ1) is 33.8. The van der Waals surface area contributed by atoms with Crippen LogP contribution in [0.3, 0.4) is 0 Å². The summed E-state index contributed by atoms with van der Waals surface area (Å²) in [5, 5.41) is 7.11. The van der Waals surface area contributed by atoms with Gasteiger partial charge in [-0.25, -0.2) is 0 Å². The van der Waals surface area contributed by atoms with E-state index >= 15 is 0 Å². The molecule has 0 aliphatic heterocycles. The Labute approximate surface area is 397 Å². The number of furan rings is 1. The van der Waals surface area contributed by atoms with Crippen molar-refractivity contribution in [2.45, 2.75) is 5.41 Å². The van der Waals surface area contributed by atoms with E-state index in [1.165, 1.54) is 81.0 Å². The molecule has 0 saturated carbocycles. The van der Waals surface area contributed by atoms with Crippen molar-refractivity contribution in [1.29, 1.82) is 0 Å². The molecule has 2 heterocycles. The maximum atomic E-state index is 7.56. The minimum absolute atomic E-state index is 0.492. The molecule has 0 N–H and O–H groups in total. The number of benzene rings is 11. The van der Waals surface area contributed by atoms with Gasteiger partial charge in [0.15, 0.2) is 5.58 Å². The van der Waals surface area contributed by atoms with Gasteiger partial charge in [-0.05, 0) is 97.2 Å². The standard InChI is InChI=1S/C65H39NOS/c1-2-18-40(19-3-1)43-21-9-14-33-58(43)66(42-36-37-48-47-25-8-13-32-56(47)65(57(48)39-42)54-30-11-6-23-45(54)46-24-7-12-31-55(46)65)59-34-17-27-50-53-38-41-20-4-5-22-44(41)61(63(53)67-62(50)59)52-29-16-28-51-49-26-10-15-35-60(49)68-64(51)52/h1-39H. The topological polar surface area (TPSA) is 16.4 Å². The SMILES string of the molecule is c1ccc(-c2ccccc2N(c2ccc3c(c2)C2(c4ccccc4-c4ccccc42)c2ccccc2-3)c2cccc3c2oc2c(-c4cccc5c4sc4ccccc45)c4ccccc4cc23)cc1. The quantitative estimate of drug-likeness (QED) is 0.171. The molecular formula is C65H39NOS. The highest BCUT2D eigenvalue weighted by Crippen LogP contribution is 2.63. The third kappa shape index (κ3) is 5.06. The predicted octanol–water partition coefficient (Wildman–Crippen LogP) is 18.3. The van der Waals surface area contributed by atoms with Crippen molar-refractivity contribution in [3.63, 3.8) is 0 Å². The van der Waals surface area contributed by atoms with Gasteiger partial charge in [-0.3, -0.25) is 0 Å². The number of nitrogens with zero attached hydrogens (tertiary/aromatic N) is 1. The molecule has 68 heavy (non-hydrogen) atoms. The molecule has 0 radical (unpaired) electrons. The van der Waals surface area contributed by atoms with Crippen LogP contribution in [0.1, 0.15) is 22.3 Å². The molecule has 3 heteroatoms. The Hall–Kier alpha value is -8.50. The fourth-order valence-electron chi connectivity index (χ4n) is 12.1. The molecule has 0 bridgehead atoms. The number of para-hydroxylation sites is 2. The highest BCUT2D eigenvalue weighted by Gasteiger charge is 2.51. The molecule has 15 rings (SSSR count). The van der Waals surface area contributed by atoms with Crippen molar-refractivity contribution in [3.8, 4) is 44.5 Å². The van der Waals surface area contributed by atoms with Crippen LogP contribution in [0.2, 0.25) is 0 Å². The van der Waals surface area contributed by atoms with Crippen LogP contribution in [0, 0.1) is 0 Å². The van der Waals surface area contributed by atoms with Crippen molar-refractivity contribution in [1.82, 2.24) is 0 Å². The smallest absolute Gasteiger partial charge is 0.159 e. The molecule has 0 amide bonds. The fraction of sp³-hybridized carbons (Fsp3) is 0.0154. The highest BCUT2D eigenvalue weighted by molar-refractivity contribution is 7.26. The lowest BCUT2D eigenvalue weighted by Gasteiger charge is -2.32. The number of rotatable bonds is 5. The minimum atomic E-state index is -0.492. The van der Waals surface area contributed by atoms with Crippen molar-refractivity contribution in [2.75, 3.05) is 4.90 Å². The lowest BCUT2D eigenvalue weighted by Crippen LogP contribution is -2.26. The van der Waals surface area contributed by atoms with E-state index in [4.69, 9.17) is 4.42 Å². The summed E-state index contributed by atoms with van der Waals surface area (Å²) >= 11 is 1.86. The van der Waals surface area contributed by atoms with Crippen molar-refractivity contribution >= 4 is 81.3 Å². The molecule has 2 aliphatic carbocycles. The summed E-state index contributed by atoms with van der Waals surface area (Å²) in [6.07, 6.45) is 0. The van der Waals surface area contributed by atoms with Crippen molar-refractivity contribution < 1.29 is 4.42 Å². The van der Waals surface area contributed by atoms with Crippen LogP contribution in [0.15, 0.2) is 241 Å². The monoisotopic (exact) mass is 881 g/mol. The summed E-state index contributed by atoms with van der Waals surface area (Å²) in [5.74, 6) is 0. The van der Waals surface area contributed by atoms with Gasteiger partial charge in [0.05, 0.1) is 16.8 Å². The van der Waals surface area contributed by atoms with Gasteiger partial charge in [-0.2, -0.15) is 0 Å². The molecule has 13 aromatic rings. The van der Waals surface area contributed by atoms with Gasteiger partial charge in [-0.1, -0.05) is 200 Å². The van der Waals surface area contributed by atoms with Crippen LogP contribution < -0.4 is 4.90 Å². The summed E-state index contributed by atoms with van der Waals surface area (Å²) < 4.78 is 10.1. The second kappa shape index (κ2) is 14.3. The van der Waals surface area contributed by atoms with Gasteiger partial charge in [0.1, 0.15) is 5.58 Å². The Kier molecular flexibility index (Phi) is 7.90. The Morgan fingerprint density at radius 1 is 0.353 bits per heavy atom. The van der Waals surface area contributed by atoms with Crippen LogP contribution in [0.5, 0.6) is 0 Å². The molecular weight excluding hydrogens is 843 g/mol. The average molecular weight is 882 g/mol. The average Bonchev–Trinajstić information content (AvgIpc) is 4.14. The Bertz CT molecular complexity index is 4170. The van der Waals surface area contributed by atoms with Crippen LogP contribution in [-0.2, 0) is 5.41 Å². The molecule has 1 spiro atoms. The Morgan fingerprint density at radius 2 is 0.912 bits per heavy atom. The number of hydrogen-bond donors (Lipinski definition) is 0. The first-order valence-corrected chi connectivity index (χ1v) is 24.2. The molecule has 316 valence electrons. The third-order valence-electron chi connectivity index (χ3n) is 14.9. The second-order valence-corrected chi connectivity index (χ2v) is 19.3. The van der Waals surface area contributed by atoms with Crippen LogP contribution in [0.4, 0.5) is 17.1 Å². The summed E-state index contributed by atoms with van der Waals surface area (Å²) in [7, 11) is 0. The number of hydrogen-bond acceptors (Lipinski definition) is 3. The first-order valence-electron chi connectivity index (χ1n) is 23.4. The molecule has 0 unspecified atom stereocenters. The molecule has 2 aliphatic rings. The summed E-state index contributed by atoms with van der Waals surface area (Å²) in [5.41, 5.74) is 19.4. The minimum Gasteiger partial charge on any atom is -0.453 e. The highest BCUT2D eigenvalue weighted by atomic mass is 32.1. The molecule has 2 nitrogen and oxygen atoms in total. The largest absolute Gasteiger partial charge is 0.453 e. The van der Waals surface area contributed by atoms with Gasteiger partial charge < -0.3 is 9.32 Å². The zero-order valence-electron chi connectivity index (χ0n) is 36.8. The van der Waals surface area contributed by atoms with Gasteiger partial charge >= 0.3 is 0 Å². The fourth-order valence-corrected chi connectivity index (χ4v) is 13.4. The number of anilines is 3. The summed E-state index contributed by atoms with van der Waals surface area (Å²) in [6.45, 7) is 0. The zero-order valence-corrected chi connectivity index (χ0v) is 37.6. The van der Waals surface area contributed by atoms with E-state index in [-0.39, 0.29) is 0 Å². The normalized spacial score (nSPS) is 13.1. The van der Waals surface area contributed by atoms with E-state index in [2.05, 4.69) is 241 Å². The molecule has 11 aromatic carbocycles. The summed E-state index contributed by atoms with van der Waals surface area (Å²) in [6, 6.07) is 87.3. The Morgan fingerprint density at radius 3 is 1.68 bits per heavy atom. The van der Waals surface area contributed by atoms with E-state index in [1.807, 2.05) is 11.3 Å². The van der Waals surface area contributed by atoms with Gasteiger partial charge in [0, 0.05) is 53.3 Å². The van der Waals surface area contributed by atoms with Crippen LogP contribution >= 0.6 is 11.3 Å². The van der Waals surface area contributed by atoms with Gasteiger partial charge in [0.2, 0.25) is 0 Å². The predicted molar refractivity (Wildman–Crippen MR) is 286 cm³/mol. The molecule has 0 fully saturated rings. The second-order valence-electron chi connectivity index (χ2n) is 18.2. The maximum absolute atomic E-state index is 7.56. The van der Waals surface area contributed by atoms with E-state index in [1.54, 1.807) is 0 Å².